The molecule has 0 spiro atoms. The zero-order chi connectivity index (χ0) is 13.8. The van der Waals surface area contributed by atoms with Crippen LogP contribution in [0.2, 0.25) is 0 Å². The molecule has 0 bridgehead atoms. The third-order valence-electron chi connectivity index (χ3n) is 3.28. The lowest BCUT2D eigenvalue weighted by atomic mass is 10.0. The molecule has 0 saturated heterocycles. The molecule has 1 unspecified atom stereocenters. The summed E-state index contributed by atoms with van der Waals surface area (Å²) in [5.74, 6) is -0.473. The molecule has 0 aliphatic carbocycles. The van der Waals surface area contributed by atoms with Crippen LogP contribution in [0.4, 0.5) is 14.5 Å². The lowest BCUT2D eigenvalue weighted by molar-refractivity contribution is 0.617. The van der Waals surface area contributed by atoms with Gasteiger partial charge in [-0.2, -0.15) is 0 Å². The van der Waals surface area contributed by atoms with Gasteiger partial charge in [-0.15, -0.1) is 0 Å². The van der Waals surface area contributed by atoms with Crippen molar-refractivity contribution in [1.82, 2.24) is 0 Å². The monoisotopic (exact) mass is 261 g/mol. The number of anilines is 1. The van der Waals surface area contributed by atoms with Gasteiger partial charge in [-0.05, 0) is 43.2 Å². The first-order valence-electron chi connectivity index (χ1n) is 6.39. The van der Waals surface area contributed by atoms with Crippen LogP contribution in [0.1, 0.15) is 30.5 Å². The summed E-state index contributed by atoms with van der Waals surface area (Å²) in [5, 5.41) is 3.31. The van der Waals surface area contributed by atoms with E-state index in [2.05, 4.69) is 5.32 Å². The van der Waals surface area contributed by atoms with Crippen molar-refractivity contribution in [3.63, 3.8) is 0 Å². The minimum atomic E-state index is -0.250. The molecule has 2 aromatic carbocycles. The third kappa shape index (κ3) is 3.11. The van der Waals surface area contributed by atoms with Crippen molar-refractivity contribution in [2.45, 2.75) is 26.3 Å². The molecular formula is C16H17F2N. The van der Waals surface area contributed by atoms with E-state index in [4.69, 9.17) is 0 Å². The zero-order valence-corrected chi connectivity index (χ0v) is 11.1. The highest BCUT2D eigenvalue weighted by atomic mass is 19.1. The largest absolute Gasteiger partial charge is 0.378 e. The van der Waals surface area contributed by atoms with Gasteiger partial charge in [0.05, 0.1) is 6.04 Å². The van der Waals surface area contributed by atoms with Gasteiger partial charge in [0.15, 0.2) is 0 Å². The Morgan fingerprint density at radius 1 is 1.05 bits per heavy atom. The summed E-state index contributed by atoms with van der Waals surface area (Å²) in [4.78, 5) is 0. The van der Waals surface area contributed by atoms with Crippen LogP contribution in [0.5, 0.6) is 0 Å². The number of halogens is 2. The Morgan fingerprint density at radius 2 is 1.74 bits per heavy atom. The van der Waals surface area contributed by atoms with E-state index in [-0.39, 0.29) is 17.7 Å². The summed E-state index contributed by atoms with van der Waals surface area (Å²) < 4.78 is 26.4. The topological polar surface area (TPSA) is 12.0 Å². The molecule has 3 heteroatoms. The van der Waals surface area contributed by atoms with Gasteiger partial charge in [-0.1, -0.05) is 25.1 Å². The second-order valence-electron chi connectivity index (χ2n) is 4.57. The van der Waals surface area contributed by atoms with E-state index >= 15 is 0 Å². The molecule has 1 atom stereocenters. The van der Waals surface area contributed by atoms with Crippen LogP contribution >= 0.6 is 0 Å². The maximum Gasteiger partial charge on any atom is 0.128 e. The predicted molar refractivity (Wildman–Crippen MR) is 74.2 cm³/mol. The molecule has 0 aromatic heterocycles. The van der Waals surface area contributed by atoms with Gasteiger partial charge in [0.2, 0.25) is 0 Å². The van der Waals surface area contributed by atoms with E-state index in [1.807, 2.05) is 13.0 Å². The van der Waals surface area contributed by atoms with E-state index in [0.717, 1.165) is 17.7 Å². The first-order chi connectivity index (χ1) is 9.11. The Bertz CT molecular complexity index is 549. The first-order valence-corrected chi connectivity index (χ1v) is 6.39. The highest BCUT2D eigenvalue weighted by Crippen LogP contribution is 2.26. The van der Waals surface area contributed by atoms with Crippen LogP contribution in [0, 0.1) is 18.6 Å². The van der Waals surface area contributed by atoms with Crippen LogP contribution in [-0.4, -0.2) is 0 Å². The van der Waals surface area contributed by atoms with Crippen molar-refractivity contribution in [3.05, 3.63) is 65.2 Å². The average Bonchev–Trinajstić information content (AvgIpc) is 2.42. The lowest BCUT2D eigenvalue weighted by Gasteiger charge is -2.20. The summed E-state index contributed by atoms with van der Waals surface area (Å²) in [7, 11) is 0. The van der Waals surface area contributed by atoms with Gasteiger partial charge in [0.1, 0.15) is 11.6 Å². The smallest absolute Gasteiger partial charge is 0.128 e. The molecule has 0 aliphatic rings. The van der Waals surface area contributed by atoms with Crippen molar-refractivity contribution in [3.8, 4) is 0 Å². The van der Waals surface area contributed by atoms with Gasteiger partial charge < -0.3 is 5.32 Å². The fraction of sp³-hybridized carbons (Fsp3) is 0.250. The van der Waals surface area contributed by atoms with E-state index in [9.17, 15) is 8.78 Å². The molecule has 0 fully saturated rings. The molecule has 100 valence electrons. The van der Waals surface area contributed by atoms with E-state index in [1.165, 1.54) is 18.2 Å². The maximum absolute atomic E-state index is 13.5. The lowest BCUT2D eigenvalue weighted by Crippen LogP contribution is -2.11. The number of benzene rings is 2. The highest BCUT2D eigenvalue weighted by molar-refractivity contribution is 5.52. The molecule has 2 rings (SSSR count). The van der Waals surface area contributed by atoms with Crippen molar-refractivity contribution < 1.29 is 8.78 Å². The Morgan fingerprint density at radius 3 is 2.37 bits per heavy atom. The molecule has 1 nitrogen and oxygen atoms in total. The fourth-order valence-corrected chi connectivity index (χ4v) is 2.07. The van der Waals surface area contributed by atoms with Gasteiger partial charge in [0, 0.05) is 11.3 Å². The summed E-state index contributed by atoms with van der Waals surface area (Å²) in [6, 6.07) is 11.4. The summed E-state index contributed by atoms with van der Waals surface area (Å²) in [5.41, 5.74) is 2.37. The predicted octanol–water partition coefficient (Wildman–Crippen LogP) is 4.84. The molecular weight excluding hydrogens is 244 g/mol. The second kappa shape index (κ2) is 5.83. The average molecular weight is 261 g/mol. The van der Waals surface area contributed by atoms with Gasteiger partial charge in [0.25, 0.3) is 0 Å². The van der Waals surface area contributed by atoms with Crippen LogP contribution in [-0.2, 0) is 0 Å². The molecule has 2 aromatic rings. The quantitative estimate of drug-likeness (QED) is 0.830. The summed E-state index contributed by atoms with van der Waals surface area (Å²) >= 11 is 0. The Labute approximate surface area is 112 Å². The molecule has 0 heterocycles. The standard InChI is InChI=1S/C16H17F2N/c1-3-15(12-7-9-13(17)10-8-12)19-16-6-4-5-14(18)11(16)2/h4-10,15,19H,3H2,1-2H3. The normalized spacial score (nSPS) is 12.2. The number of nitrogens with one attached hydrogen (secondary N) is 1. The van der Waals surface area contributed by atoms with Crippen LogP contribution in [0.15, 0.2) is 42.5 Å². The molecule has 19 heavy (non-hydrogen) atoms. The minimum absolute atomic E-state index is 0.0427. The van der Waals surface area contributed by atoms with Gasteiger partial charge in [-0.25, -0.2) is 8.78 Å². The third-order valence-corrected chi connectivity index (χ3v) is 3.28. The number of hydrogen-bond donors (Lipinski definition) is 1. The Hall–Kier alpha value is -1.90. The molecule has 0 amide bonds. The van der Waals surface area contributed by atoms with Crippen molar-refractivity contribution in [2.24, 2.45) is 0 Å². The van der Waals surface area contributed by atoms with Crippen molar-refractivity contribution >= 4 is 5.69 Å². The van der Waals surface area contributed by atoms with Gasteiger partial charge in [-0.3, -0.25) is 0 Å². The van der Waals surface area contributed by atoms with Crippen molar-refractivity contribution in [2.75, 3.05) is 5.32 Å². The highest BCUT2D eigenvalue weighted by Gasteiger charge is 2.11. The maximum atomic E-state index is 13.5. The van der Waals surface area contributed by atoms with Gasteiger partial charge >= 0.3 is 0 Å². The fourth-order valence-electron chi connectivity index (χ4n) is 2.07. The molecule has 0 saturated carbocycles. The Balaban J connectivity index is 2.24. The molecule has 0 aliphatic heterocycles. The molecule has 1 N–H and O–H groups in total. The number of rotatable bonds is 4. The minimum Gasteiger partial charge on any atom is -0.378 e. The van der Waals surface area contributed by atoms with E-state index in [1.54, 1.807) is 25.1 Å². The van der Waals surface area contributed by atoms with Crippen molar-refractivity contribution in [1.29, 1.82) is 0 Å². The van der Waals surface area contributed by atoms with E-state index in [0.29, 0.717) is 5.56 Å². The summed E-state index contributed by atoms with van der Waals surface area (Å²) in [6.07, 6.45) is 0.835. The molecule has 0 radical (unpaired) electrons. The SMILES string of the molecule is CCC(Nc1cccc(F)c1C)c1ccc(F)cc1. The second-order valence-corrected chi connectivity index (χ2v) is 4.57. The van der Waals surface area contributed by atoms with Crippen LogP contribution in [0.3, 0.4) is 0 Å². The number of hydrogen-bond acceptors (Lipinski definition) is 1. The zero-order valence-electron chi connectivity index (χ0n) is 11.1. The Kier molecular flexibility index (Phi) is 4.15. The summed E-state index contributed by atoms with van der Waals surface area (Å²) in [6.45, 7) is 3.78. The van der Waals surface area contributed by atoms with Crippen LogP contribution < -0.4 is 5.32 Å². The van der Waals surface area contributed by atoms with Crippen LogP contribution in [0.25, 0.3) is 0 Å². The van der Waals surface area contributed by atoms with E-state index < -0.39 is 0 Å². The first kappa shape index (κ1) is 13.5.